The molecule has 0 aromatic heterocycles. The Morgan fingerprint density at radius 1 is 1.18 bits per heavy atom. The Hall–Kier alpha value is -2.82. The molecule has 2 aromatic rings. The minimum atomic E-state index is -0.281. The van der Waals surface area contributed by atoms with E-state index in [1.165, 1.54) is 0 Å². The van der Waals surface area contributed by atoms with Gasteiger partial charge >= 0.3 is 0 Å². The van der Waals surface area contributed by atoms with Crippen LogP contribution < -0.4 is 11.1 Å². The van der Waals surface area contributed by atoms with Gasteiger partial charge in [-0.15, -0.1) is 0 Å². The van der Waals surface area contributed by atoms with Crippen LogP contribution >= 0.6 is 0 Å². The first kappa shape index (κ1) is 15.6. The fourth-order valence-electron chi connectivity index (χ4n) is 1.96. The lowest BCUT2D eigenvalue weighted by atomic mass is 10.1. The Balaban J connectivity index is 1.88. The van der Waals surface area contributed by atoms with Gasteiger partial charge in [-0.1, -0.05) is 53.2 Å². The van der Waals surface area contributed by atoms with Crippen molar-refractivity contribution >= 4 is 17.4 Å². The predicted octanol–water partition coefficient (Wildman–Crippen LogP) is 2.58. The molecule has 0 aliphatic carbocycles. The molecule has 1 amide bonds. The molecule has 5 heteroatoms. The first-order chi connectivity index (χ1) is 10.6. The highest BCUT2D eigenvalue weighted by atomic mass is 16.6. The van der Waals surface area contributed by atoms with E-state index in [1.807, 2.05) is 62.4 Å². The highest BCUT2D eigenvalue weighted by Gasteiger charge is 2.06. The molecule has 0 aliphatic rings. The van der Waals surface area contributed by atoms with Crippen molar-refractivity contribution in [2.75, 3.05) is 11.9 Å². The van der Waals surface area contributed by atoms with Gasteiger partial charge in [-0.3, -0.25) is 4.79 Å². The summed E-state index contributed by atoms with van der Waals surface area (Å²) in [4.78, 5) is 16.8. The van der Waals surface area contributed by atoms with Gasteiger partial charge in [0.25, 0.3) is 5.91 Å². The van der Waals surface area contributed by atoms with Crippen LogP contribution in [0, 0.1) is 13.8 Å². The Labute approximate surface area is 129 Å². The van der Waals surface area contributed by atoms with Gasteiger partial charge in [0.1, 0.15) is 0 Å². The average molecular weight is 297 g/mol. The molecule has 0 unspecified atom stereocenters. The van der Waals surface area contributed by atoms with E-state index in [-0.39, 0.29) is 18.3 Å². The number of amides is 1. The average Bonchev–Trinajstić information content (AvgIpc) is 2.51. The van der Waals surface area contributed by atoms with E-state index >= 15 is 0 Å². The summed E-state index contributed by atoms with van der Waals surface area (Å²) < 4.78 is 0. The zero-order valence-corrected chi connectivity index (χ0v) is 12.7. The number of nitrogens with two attached hydrogens (primary N) is 1. The maximum absolute atomic E-state index is 11.8. The summed E-state index contributed by atoms with van der Waals surface area (Å²) in [6, 6.07) is 15.0. The molecule has 3 N–H and O–H groups in total. The van der Waals surface area contributed by atoms with Gasteiger partial charge in [-0.25, -0.2) is 0 Å². The van der Waals surface area contributed by atoms with Crippen LogP contribution in [0.25, 0.3) is 0 Å². The Bertz CT molecular complexity index is 682. The molecule has 0 saturated heterocycles. The van der Waals surface area contributed by atoms with Gasteiger partial charge in [0.05, 0.1) is 0 Å². The number of carbonyl (C=O) groups is 1. The number of carbonyl (C=O) groups excluding carboxylic acids is 1. The Morgan fingerprint density at radius 2 is 1.91 bits per heavy atom. The predicted molar refractivity (Wildman–Crippen MR) is 87.7 cm³/mol. The topological polar surface area (TPSA) is 76.7 Å². The van der Waals surface area contributed by atoms with E-state index in [0.717, 1.165) is 22.4 Å². The van der Waals surface area contributed by atoms with Crippen molar-refractivity contribution in [3.63, 3.8) is 0 Å². The van der Waals surface area contributed by atoms with Gasteiger partial charge in [0, 0.05) is 11.3 Å². The summed E-state index contributed by atoms with van der Waals surface area (Å²) in [5.41, 5.74) is 9.42. The van der Waals surface area contributed by atoms with Crippen molar-refractivity contribution < 1.29 is 9.63 Å². The molecule has 5 nitrogen and oxygen atoms in total. The highest BCUT2D eigenvalue weighted by Crippen LogP contribution is 2.15. The van der Waals surface area contributed by atoms with E-state index in [4.69, 9.17) is 10.6 Å². The van der Waals surface area contributed by atoms with Gasteiger partial charge in [0.2, 0.25) is 0 Å². The molecule has 2 aromatic carbocycles. The van der Waals surface area contributed by atoms with Crippen LogP contribution in [0.4, 0.5) is 5.69 Å². The molecule has 0 radical (unpaired) electrons. The number of nitrogens with one attached hydrogen (secondary N) is 1. The molecule has 0 heterocycles. The van der Waals surface area contributed by atoms with E-state index in [2.05, 4.69) is 10.5 Å². The van der Waals surface area contributed by atoms with Crippen molar-refractivity contribution in [2.24, 2.45) is 10.9 Å². The van der Waals surface area contributed by atoms with Gasteiger partial charge in [0.15, 0.2) is 12.4 Å². The SMILES string of the molecule is Cc1ccc(NC(=O)CO/N=C(/N)c2ccccc2)c(C)c1. The fraction of sp³-hybridized carbons (Fsp3) is 0.176. The second kappa shape index (κ2) is 7.26. The monoisotopic (exact) mass is 297 g/mol. The van der Waals surface area contributed by atoms with Crippen molar-refractivity contribution in [2.45, 2.75) is 13.8 Å². The lowest BCUT2D eigenvalue weighted by molar-refractivity contribution is -0.120. The smallest absolute Gasteiger partial charge is 0.265 e. The second-order valence-electron chi connectivity index (χ2n) is 4.98. The lowest BCUT2D eigenvalue weighted by Gasteiger charge is -2.08. The second-order valence-corrected chi connectivity index (χ2v) is 4.98. The number of aryl methyl sites for hydroxylation is 2. The van der Waals surface area contributed by atoms with Crippen molar-refractivity contribution in [3.8, 4) is 0 Å². The van der Waals surface area contributed by atoms with E-state index in [1.54, 1.807) is 0 Å². The lowest BCUT2D eigenvalue weighted by Crippen LogP contribution is -2.19. The van der Waals surface area contributed by atoms with Crippen LogP contribution in [0.1, 0.15) is 16.7 Å². The summed E-state index contributed by atoms with van der Waals surface area (Å²) >= 11 is 0. The number of anilines is 1. The molecule has 0 saturated carbocycles. The first-order valence-electron chi connectivity index (χ1n) is 6.94. The van der Waals surface area contributed by atoms with E-state index in [0.29, 0.717) is 0 Å². The van der Waals surface area contributed by atoms with Crippen LogP contribution in [-0.2, 0) is 9.63 Å². The van der Waals surface area contributed by atoms with Crippen LogP contribution in [-0.4, -0.2) is 18.3 Å². The molecule has 0 fully saturated rings. The van der Waals surface area contributed by atoms with Crippen LogP contribution in [0.5, 0.6) is 0 Å². The number of benzene rings is 2. The molecule has 0 atom stereocenters. The summed E-state index contributed by atoms with van der Waals surface area (Å²) in [7, 11) is 0. The Kier molecular flexibility index (Phi) is 5.14. The zero-order chi connectivity index (χ0) is 15.9. The van der Waals surface area contributed by atoms with Crippen LogP contribution in [0.3, 0.4) is 0 Å². The standard InChI is InChI=1S/C17H19N3O2/c1-12-8-9-15(13(2)10-12)19-16(21)11-22-20-17(18)14-6-4-3-5-7-14/h3-10H,11H2,1-2H3,(H2,18,20)(H,19,21). The summed E-state index contributed by atoms with van der Waals surface area (Å²) in [5, 5.41) is 6.52. The molecule has 2 rings (SSSR count). The fourth-order valence-corrected chi connectivity index (χ4v) is 1.96. The number of rotatable bonds is 5. The summed E-state index contributed by atoms with van der Waals surface area (Å²) in [6.07, 6.45) is 0. The largest absolute Gasteiger partial charge is 0.384 e. The maximum atomic E-state index is 11.8. The third kappa shape index (κ3) is 4.34. The zero-order valence-electron chi connectivity index (χ0n) is 12.7. The summed E-state index contributed by atoms with van der Waals surface area (Å²) in [6.45, 7) is 3.75. The Morgan fingerprint density at radius 3 is 2.59 bits per heavy atom. The van der Waals surface area contributed by atoms with Crippen molar-refractivity contribution in [1.29, 1.82) is 0 Å². The van der Waals surface area contributed by atoms with Gasteiger partial charge in [-0.2, -0.15) is 0 Å². The number of oxime groups is 1. The van der Waals surface area contributed by atoms with Crippen molar-refractivity contribution in [1.82, 2.24) is 0 Å². The number of amidine groups is 1. The van der Waals surface area contributed by atoms with Crippen LogP contribution in [0.15, 0.2) is 53.7 Å². The molecule has 0 aliphatic heterocycles. The minimum absolute atomic E-state index is 0.194. The number of hydrogen-bond acceptors (Lipinski definition) is 3. The third-order valence-corrected chi connectivity index (χ3v) is 3.08. The minimum Gasteiger partial charge on any atom is -0.384 e. The maximum Gasteiger partial charge on any atom is 0.265 e. The quantitative estimate of drug-likeness (QED) is 0.506. The first-order valence-corrected chi connectivity index (χ1v) is 6.94. The van der Waals surface area contributed by atoms with Crippen LogP contribution in [0.2, 0.25) is 0 Å². The normalized spacial score (nSPS) is 11.1. The molecule has 114 valence electrons. The molecule has 22 heavy (non-hydrogen) atoms. The third-order valence-electron chi connectivity index (χ3n) is 3.08. The van der Waals surface area contributed by atoms with E-state index < -0.39 is 0 Å². The highest BCUT2D eigenvalue weighted by molar-refractivity contribution is 5.97. The van der Waals surface area contributed by atoms with E-state index in [9.17, 15) is 4.79 Å². The number of nitrogens with zero attached hydrogens (tertiary/aromatic N) is 1. The molecular formula is C17H19N3O2. The number of hydrogen-bond donors (Lipinski definition) is 2. The van der Waals surface area contributed by atoms with Crippen molar-refractivity contribution in [3.05, 3.63) is 65.2 Å². The summed E-state index contributed by atoms with van der Waals surface area (Å²) in [5.74, 6) is -0.0449. The molecule has 0 bridgehead atoms. The van der Waals surface area contributed by atoms with Gasteiger partial charge < -0.3 is 15.9 Å². The van der Waals surface area contributed by atoms with Gasteiger partial charge in [-0.05, 0) is 25.5 Å². The molecular weight excluding hydrogens is 278 g/mol. The molecule has 0 spiro atoms.